The van der Waals surface area contributed by atoms with Crippen molar-refractivity contribution in [2.24, 2.45) is 17.8 Å². The maximum atomic E-state index is 13.8. The molecule has 5 fully saturated rings. The van der Waals surface area contributed by atoms with Crippen molar-refractivity contribution in [2.45, 2.75) is 73.6 Å². The largest absolute Gasteiger partial charge is 0.455 e. The highest BCUT2D eigenvalue weighted by molar-refractivity contribution is 6.05. The van der Waals surface area contributed by atoms with E-state index in [-0.39, 0.29) is 5.57 Å². The molecule has 0 amide bonds. The molecule has 3 heterocycles. The molecule has 3 saturated heterocycles. The molecule has 230 valence electrons. The molecule has 2 aromatic rings. The first-order valence-corrected chi connectivity index (χ1v) is 14.9. The standard InChI is InChI=1S/C34H34O10/c1-17(2)32-25(40-28(37)20-11-7-5-8-12-20)19(4)33-22-15-18(3)24(36)31(22,39)29(38)30(16-35)26(41-30)23(33)27(32)42-34(43-32,44-33)21-13-9-6-10-14-21/h5-15,19,22-23,25-27,29,35,38-39H,1,16H2,2-4H3/t19-,22?,23?,25-,26+,27-,29-,30+,31-,32+,33+,34-/m1/s1. The van der Waals surface area contributed by atoms with Crippen LogP contribution in [0.2, 0.25) is 0 Å². The molecule has 6 aliphatic rings. The van der Waals surface area contributed by atoms with Crippen LogP contribution in [0.5, 0.6) is 0 Å². The number of aliphatic hydroxyl groups is 3. The molecule has 0 spiro atoms. The smallest absolute Gasteiger partial charge is 0.338 e. The number of aliphatic hydroxyl groups excluding tert-OH is 2. The fourth-order valence-electron chi connectivity index (χ4n) is 9.07. The number of fused-ring (bicyclic) bond motifs is 3. The first kappa shape index (κ1) is 28.3. The summed E-state index contributed by atoms with van der Waals surface area (Å²) in [6, 6.07) is 17.6. The lowest BCUT2D eigenvalue weighted by atomic mass is 9.53. The van der Waals surface area contributed by atoms with E-state index in [2.05, 4.69) is 6.58 Å². The van der Waals surface area contributed by atoms with Crippen molar-refractivity contribution in [2.75, 3.05) is 6.61 Å². The zero-order valence-electron chi connectivity index (χ0n) is 24.5. The van der Waals surface area contributed by atoms with Gasteiger partial charge in [-0.25, -0.2) is 4.79 Å². The first-order valence-electron chi connectivity index (χ1n) is 14.9. The number of ether oxygens (including phenoxy) is 5. The molecule has 0 aromatic heterocycles. The van der Waals surface area contributed by atoms with Crippen LogP contribution in [0.15, 0.2) is 84.5 Å². The molecular weight excluding hydrogens is 568 g/mol. The van der Waals surface area contributed by atoms with E-state index in [1.54, 1.807) is 74.5 Å². The van der Waals surface area contributed by atoms with Gasteiger partial charge in [0.2, 0.25) is 0 Å². The maximum Gasteiger partial charge on any atom is 0.338 e. The Bertz CT molecular complexity index is 1620. The lowest BCUT2D eigenvalue weighted by molar-refractivity contribution is -0.440. The van der Waals surface area contributed by atoms with Crippen LogP contribution in [0, 0.1) is 17.8 Å². The molecule has 2 aromatic carbocycles. The van der Waals surface area contributed by atoms with Crippen LogP contribution in [0.4, 0.5) is 0 Å². The third kappa shape index (κ3) is 3.00. The molecule has 12 atom stereocenters. The predicted octanol–water partition coefficient (Wildman–Crippen LogP) is 2.17. The Balaban J connectivity index is 1.41. The molecule has 0 radical (unpaired) electrons. The van der Waals surface area contributed by atoms with Crippen LogP contribution in [0.25, 0.3) is 0 Å². The Morgan fingerprint density at radius 1 is 1.02 bits per heavy atom. The summed E-state index contributed by atoms with van der Waals surface area (Å²) < 4.78 is 33.4. The Morgan fingerprint density at radius 2 is 1.68 bits per heavy atom. The van der Waals surface area contributed by atoms with Gasteiger partial charge >= 0.3 is 11.9 Å². The van der Waals surface area contributed by atoms with E-state index in [4.69, 9.17) is 23.7 Å². The van der Waals surface area contributed by atoms with Gasteiger partial charge in [-0.05, 0) is 37.1 Å². The highest BCUT2D eigenvalue weighted by Gasteiger charge is 2.90. The molecule has 2 unspecified atom stereocenters. The van der Waals surface area contributed by atoms with Crippen molar-refractivity contribution in [1.82, 2.24) is 0 Å². The summed E-state index contributed by atoms with van der Waals surface area (Å²) in [5.41, 5.74) is -5.56. The van der Waals surface area contributed by atoms with E-state index in [0.717, 1.165) is 0 Å². The van der Waals surface area contributed by atoms with Gasteiger partial charge in [0.25, 0.3) is 0 Å². The fraction of sp³-hybridized carbons (Fsp3) is 0.471. The van der Waals surface area contributed by atoms with Crippen LogP contribution >= 0.6 is 0 Å². The third-order valence-corrected chi connectivity index (χ3v) is 11.1. The second-order valence-corrected chi connectivity index (χ2v) is 13.1. The number of hydrogen-bond acceptors (Lipinski definition) is 10. The number of esters is 1. The van der Waals surface area contributed by atoms with Crippen LogP contribution in [0.1, 0.15) is 36.7 Å². The van der Waals surface area contributed by atoms with E-state index in [0.29, 0.717) is 16.7 Å². The molecule has 3 bridgehead atoms. The quantitative estimate of drug-likeness (QED) is 0.265. The highest BCUT2D eigenvalue weighted by atomic mass is 16.9. The zero-order chi connectivity index (χ0) is 31.0. The molecule has 44 heavy (non-hydrogen) atoms. The number of benzene rings is 2. The van der Waals surface area contributed by atoms with Crippen LogP contribution < -0.4 is 0 Å². The Morgan fingerprint density at radius 3 is 2.32 bits per heavy atom. The van der Waals surface area contributed by atoms with Crippen molar-refractivity contribution >= 4 is 11.8 Å². The zero-order valence-corrected chi connectivity index (χ0v) is 24.5. The molecule has 3 aliphatic carbocycles. The van der Waals surface area contributed by atoms with Gasteiger partial charge in [-0.15, -0.1) is 0 Å². The summed E-state index contributed by atoms with van der Waals surface area (Å²) in [5, 5.41) is 34.8. The van der Waals surface area contributed by atoms with Gasteiger partial charge in [-0.2, -0.15) is 0 Å². The molecule has 3 N–H and O–H groups in total. The minimum absolute atomic E-state index is 0.232. The van der Waals surface area contributed by atoms with E-state index in [1.165, 1.54) is 0 Å². The number of carbonyl (C=O) groups excluding carboxylic acids is 2. The summed E-state index contributed by atoms with van der Waals surface area (Å²) in [4.78, 5) is 27.5. The van der Waals surface area contributed by atoms with Gasteiger partial charge in [-0.1, -0.05) is 68.1 Å². The molecular formula is C34H34O10. The molecule has 10 nitrogen and oxygen atoms in total. The summed E-state index contributed by atoms with van der Waals surface area (Å²) in [6.45, 7) is 8.80. The Hall–Kier alpha value is -3.22. The van der Waals surface area contributed by atoms with Gasteiger partial charge in [0.15, 0.2) is 17.0 Å². The van der Waals surface area contributed by atoms with Gasteiger partial charge in [0.1, 0.15) is 30.0 Å². The van der Waals surface area contributed by atoms with Crippen molar-refractivity contribution in [3.05, 3.63) is 95.6 Å². The third-order valence-electron chi connectivity index (χ3n) is 11.1. The first-order chi connectivity index (χ1) is 20.9. The second-order valence-electron chi connectivity index (χ2n) is 13.1. The van der Waals surface area contributed by atoms with Crippen LogP contribution in [-0.2, 0) is 34.5 Å². The van der Waals surface area contributed by atoms with Crippen molar-refractivity contribution in [3.63, 3.8) is 0 Å². The summed E-state index contributed by atoms with van der Waals surface area (Å²) >= 11 is 0. The minimum Gasteiger partial charge on any atom is -0.455 e. The summed E-state index contributed by atoms with van der Waals surface area (Å²) in [5.74, 6) is -5.87. The molecule has 10 heteroatoms. The van der Waals surface area contributed by atoms with Gasteiger partial charge < -0.3 is 39.0 Å². The average Bonchev–Trinajstić information content (AvgIpc) is 3.65. The Kier molecular flexibility index (Phi) is 5.61. The minimum atomic E-state index is -2.42. The topological polar surface area (TPSA) is 144 Å². The number of Topliss-reactive ketones (excluding diaryl/α,β-unsaturated/α-hetero) is 1. The van der Waals surface area contributed by atoms with Gasteiger partial charge in [-0.3, -0.25) is 4.79 Å². The number of rotatable bonds is 5. The van der Waals surface area contributed by atoms with E-state index in [9.17, 15) is 24.9 Å². The summed E-state index contributed by atoms with van der Waals surface area (Å²) in [6.07, 6.45) is -3.09. The summed E-state index contributed by atoms with van der Waals surface area (Å²) in [7, 11) is 0. The predicted molar refractivity (Wildman–Crippen MR) is 152 cm³/mol. The van der Waals surface area contributed by atoms with E-state index in [1.807, 2.05) is 13.0 Å². The van der Waals surface area contributed by atoms with Crippen LogP contribution in [0.3, 0.4) is 0 Å². The number of hydrogen-bond donors (Lipinski definition) is 3. The molecule has 3 aliphatic heterocycles. The van der Waals surface area contributed by atoms with Crippen molar-refractivity contribution < 1.29 is 48.6 Å². The number of epoxide rings is 1. The monoisotopic (exact) mass is 602 g/mol. The second kappa shape index (κ2) is 8.73. The van der Waals surface area contributed by atoms with Crippen molar-refractivity contribution in [3.8, 4) is 0 Å². The van der Waals surface area contributed by atoms with E-state index < -0.39 is 88.9 Å². The Labute approximate surface area is 253 Å². The highest BCUT2D eigenvalue weighted by Crippen LogP contribution is 2.74. The maximum absolute atomic E-state index is 13.8. The SMILES string of the molecule is C=C(C)[C@@]12O[C@@]3(c4ccccc4)O[C@@H]1C1[C@@H]4O[C@]4(CO)[C@@H](O)[C@]4(O)C(=O)C(C)=CC4[C@@]1(O3)[C@H](C)[C@H]2OC(=O)c1ccccc1. The average molecular weight is 603 g/mol. The van der Waals surface area contributed by atoms with E-state index >= 15 is 0 Å². The fourth-order valence-corrected chi connectivity index (χ4v) is 9.07. The van der Waals surface area contributed by atoms with Gasteiger partial charge in [0.05, 0.1) is 17.8 Å². The van der Waals surface area contributed by atoms with Gasteiger partial charge in [0, 0.05) is 23.3 Å². The van der Waals surface area contributed by atoms with Crippen LogP contribution in [-0.4, -0.2) is 80.5 Å². The number of carbonyl (C=O) groups is 2. The normalized spacial score (nSPS) is 47.6. The number of ketones is 1. The van der Waals surface area contributed by atoms with Crippen molar-refractivity contribution in [1.29, 1.82) is 0 Å². The lowest BCUT2D eigenvalue weighted by Gasteiger charge is -2.61. The molecule has 8 rings (SSSR count). The molecule has 2 saturated carbocycles. The lowest BCUT2D eigenvalue weighted by Crippen LogP contribution is -2.76.